The number of carbonyl (C=O) groups is 1. The molecular formula is C19H27N5O2. The van der Waals surface area contributed by atoms with E-state index in [4.69, 9.17) is 4.74 Å². The van der Waals surface area contributed by atoms with Crippen molar-refractivity contribution in [1.82, 2.24) is 25.0 Å². The predicted molar refractivity (Wildman–Crippen MR) is 99.4 cm³/mol. The van der Waals surface area contributed by atoms with Gasteiger partial charge in [0.05, 0.1) is 17.8 Å². The zero-order valence-electron chi connectivity index (χ0n) is 15.8. The van der Waals surface area contributed by atoms with Crippen LogP contribution in [-0.2, 0) is 4.74 Å². The van der Waals surface area contributed by atoms with E-state index in [1.54, 1.807) is 29.2 Å². The molecule has 0 unspecified atom stereocenters. The summed E-state index contributed by atoms with van der Waals surface area (Å²) in [5.74, 6) is 0.565. The second-order valence-corrected chi connectivity index (χ2v) is 7.51. The fourth-order valence-electron chi connectivity index (χ4n) is 3.24. The molecule has 2 atom stereocenters. The summed E-state index contributed by atoms with van der Waals surface area (Å²) in [6.07, 6.45) is 5.49. The lowest BCUT2D eigenvalue weighted by atomic mass is 10.00. The molecule has 7 heteroatoms. The smallest absolute Gasteiger partial charge is 0.252 e. The van der Waals surface area contributed by atoms with Crippen LogP contribution in [0.5, 0.6) is 0 Å². The van der Waals surface area contributed by atoms with Gasteiger partial charge in [0.15, 0.2) is 5.82 Å². The number of pyridine rings is 1. The molecule has 3 rings (SSSR count). The Bertz CT molecular complexity index is 717. The molecular weight excluding hydrogens is 330 g/mol. The van der Waals surface area contributed by atoms with Gasteiger partial charge in [-0.1, -0.05) is 0 Å². The standard InChI is InChI=1S/C19H27N5O2/c1-14-11-23(12-15(2)26-14)19(3,4)13-21-18(25)16-6-7-17(20-10-16)24-9-5-8-22-24/h5-10,14-15H,11-13H2,1-4H3,(H,21,25)/t14-,15+. The molecule has 0 spiro atoms. The summed E-state index contributed by atoms with van der Waals surface area (Å²) in [6.45, 7) is 10.8. The van der Waals surface area contributed by atoms with Crippen molar-refractivity contribution in [3.63, 3.8) is 0 Å². The van der Waals surface area contributed by atoms with Crippen molar-refractivity contribution in [3.8, 4) is 5.82 Å². The minimum absolute atomic E-state index is 0.119. The number of rotatable bonds is 5. The molecule has 0 saturated carbocycles. The molecule has 1 fully saturated rings. The summed E-state index contributed by atoms with van der Waals surface area (Å²) in [7, 11) is 0. The van der Waals surface area contributed by atoms with Crippen molar-refractivity contribution in [3.05, 3.63) is 42.4 Å². The monoisotopic (exact) mass is 357 g/mol. The number of hydrogen-bond acceptors (Lipinski definition) is 5. The van der Waals surface area contributed by atoms with E-state index in [1.165, 1.54) is 0 Å². The Balaban J connectivity index is 1.59. The predicted octanol–water partition coefficient (Wildman–Crippen LogP) is 1.88. The number of ether oxygens (including phenoxy) is 1. The number of amides is 1. The number of morpholine rings is 1. The summed E-state index contributed by atoms with van der Waals surface area (Å²) in [6, 6.07) is 5.39. The third-order valence-electron chi connectivity index (χ3n) is 4.71. The molecule has 2 aromatic rings. The summed E-state index contributed by atoms with van der Waals surface area (Å²) < 4.78 is 7.46. The van der Waals surface area contributed by atoms with Crippen molar-refractivity contribution in [2.75, 3.05) is 19.6 Å². The summed E-state index contributed by atoms with van der Waals surface area (Å²) >= 11 is 0. The van der Waals surface area contributed by atoms with Gasteiger partial charge in [0.2, 0.25) is 0 Å². The summed E-state index contributed by atoms with van der Waals surface area (Å²) in [5.41, 5.74) is 0.394. The fourth-order valence-corrected chi connectivity index (χ4v) is 3.24. The highest BCUT2D eigenvalue weighted by Gasteiger charge is 2.33. The SMILES string of the molecule is C[C@@H]1CN(C(C)(C)CNC(=O)c2ccc(-n3cccn3)nc2)C[C@H](C)O1. The number of aromatic nitrogens is 3. The molecule has 2 aromatic heterocycles. The zero-order chi connectivity index (χ0) is 18.7. The first-order valence-corrected chi connectivity index (χ1v) is 9.00. The van der Waals surface area contributed by atoms with E-state index in [0.717, 1.165) is 13.1 Å². The highest BCUT2D eigenvalue weighted by molar-refractivity contribution is 5.94. The van der Waals surface area contributed by atoms with E-state index in [1.807, 2.05) is 12.3 Å². The fraction of sp³-hybridized carbons (Fsp3) is 0.526. The van der Waals surface area contributed by atoms with Gasteiger partial charge in [0, 0.05) is 43.8 Å². The summed E-state index contributed by atoms with van der Waals surface area (Å²) in [4.78, 5) is 19.2. The van der Waals surface area contributed by atoms with Gasteiger partial charge in [-0.15, -0.1) is 0 Å². The second kappa shape index (κ2) is 7.55. The normalized spacial score (nSPS) is 21.5. The highest BCUT2D eigenvalue weighted by atomic mass is 16.5. The average Bonchev–Trinajstić information content (AvgIpc) is 3.14. The van der Waals surface area contributed by atoms with Crippen LogP contribution in [0.15, 0.2) is 36.8 Å². The first-order valence-electron chi connectivity index (χ1n) is 9.00. The maximum atomic E-state index is 12.5. The van der Waals surface area contributed by atoms with Gasteiger partial charge in [0.1, 0.15) is 0 Å². The zero-order valence-corrected chi connectivity index (χ0v) is 15.8. The van der Waals surface area contributed by atoms with E-state index in [0.29, 0.717) is 17.9 Å². The van der Waals surface area contributed by atoms with Gasteiger partial charge < -0.3 is 10.1 Å². The van der Waals surface area contributed by atoms with Gasteiger partial charge in [-0.2, -0.15) is 5.10 Å². The average molecular weight is 357 g/mol. The lowest BCUT2D eigenvalue weighted by Crippen LogP contribution is -2.58. The van der Waals surface area contributed by atoms with Gasteiger partial charge in [-0.25, -0.2) is 9.67 Å². The molecule has 1 amide bonds. The third-order valence-corrected chi connectivity index (χ3v) is 4.71. The first kappa shape index (κ1) is 18.5. The van der Waals surface area contributed by atoms with Crippen LogP contribution in [0.2, 0.25) is 0 Å². The molecule has 1 aliphatic rings. The molecule has 0 bridgehead atoms. The van der Waals surface area contributed by atoms with Crippen LogP contribution >= 0.6 is 0 Å². The maximum Gasteiger partial charge on any atom is 0.252 e. The molecule has 0 aromatic carbocycles. The van der Waals surface area contributed by atoms with Crippen molar-refractivity contribution < 1.29 is 9.53 Å². The lowest BCUT2D eigenvalue weighted by Gasteiger charge is -2.45. The minimum atomic E-state index is -0.148. The van der Waals surface area contributed by atoms with Gasteiger partial charge in [-0.3, -0.25) is 9.69 Å². The van der Waals surface area contributed by atoms with E-state index in [-0.39, 0.29) is 23.7 Å². The molecule has 0 radical (unpaired) electrons. The van der Waals surface area contributed by atoms with Crippen LogP contribution in [0.4, 0.5) is 0 Å². The topological polar surface area (TPSA) is 72.3 Å². The molecule has 26 heavy (non-hydrogen) atoms. The number of nitrogens with one attached hydrogen (secondary N) is 1. The van der Waals surface area contributed by atoms with E-state index in [9.17, 15) is 4.79 Å². The molecule has 7 nitrogen and oxygen atoms in total. The Kier molecular flexibility index (Phi) is 5.38. The van der Waals surface area contributed by atoms with Crippen molar-refractivity contribution in [2.24, 2.45) is 0 Å². The number of carbonyl (C=O) groups excluding carboxylic acids is 1. The minimum Gasteiger partial charge on any atom is -0.373 e. The molecule has 140 valence electrons. The van der Waals surface area contributed by atoms with Crippen LogP contribution < -0.4 is 5.32 Å². The molecule has 1 saturated heterocycles. The third kappa shape index (κ3) is 4.28. The Morgan fingerprint density at radius 3 is 2.62 bits per heavy atom. The highest BCUT2D eigenvalue weighted by Crippen LogP contribution is 2.20. The lowest BCUT2D eigenvalue weighted by molar-refractivity contribution is -0.0948. The molecule has 0 aliphatic carbocycles. The van der Waals surface area contributed by atoms with E-state index in [2.05, 4.69) is 48.0 Å². The van der Waals surface area contributed by atoms with Gasteiger partial charge in [0.25, 0.3) is 5.91 Å². The Morgan fingerprint density at radius 1 is 1.31 bits per heavy atom. The quantitative estimate of drug-likeness (QED) is 0.885. The maximum absolute atomic E-state index is 12.5. The number of hydrogen-bond donors (Lipinski definition) is 1. The largest absolute Gasteiger partial charge is 0.373 e. The van der Waals surface area contributed by atoms with Crippen molar-refractivity contribution in [2.45, 2.75) is 45.4 Å². The second-order valence-electron chi connectivity index (χ2n) is 7.51. The van der Waals surface area contributed by atoms with E-state index < -0.39 is 0 Å². The Hall–Kier alpha value is -2.25. The van der Waals surface area contributed by atoms with Crippen LogP contribution in [0.3, 0.4) is 0 Å². The van der Waals surface area contributed by atoms with E-state index >= 15 is 0 Å². The molecule has 1 N–H and O–H groups in total. The van der Waals surface area contributed by atoms with Gasteiger partial charge in [-0.05, 0) is 45.9 Å². The number of nitrogens with zero attached hydrogens (tertiary/aromatic N) is 4. The van der Waals surface area contributed by atoms with Crippen LogP contribution in [-0.4, -0.2) is 63.0 Å². The Morgan fingerprint density at radius 2 is 2.04 bits per heavy atom. The summed E-state index contributed by atoms with van der Waals surface area (Å²) in [5, 5.41) is 7.17. The van der Waals surface area contributed by atoms with Gasteiger partial charge >= 0.3 is 0 Å². The van der Waals surface area contributed by atoms with Crippen LogP contribution in [0.25, 0.3) is 5.82 Å². The Labute approximate surface area is 154 Å². The van der Waals surface area contributed by atoms with Crippen molar-refractivity contribution in [1.29, 1.82) is 0 Å². The molecule has 1 aliphatic heterocycles. The molecule has 3 heterocycles. The van der Waals surface area contributed by atoms with Crippen LogP contribution in [0.1, 0.15) is 38.1 Å². The first-order chi connectivity index (χ1) is 12.3. The van der Waals surface area contributed by atoms with Crippen molar-refractivity contribution >= 4 is 5.91 Å². The van der Waals surface area contributed by atoms with Crippen LogP contribution in [0, 0.1) is 0 Å².